The summed E-state index contributed by atoms with van der Waals surface area (Å²) in [6, 6.07) is 8.09. The largest absolute Gasteiger partial charge is 0.497 e. The van der Waals surface area contributed by atoms with Crippen LogP contribution >= 0.6 is 0 Å². The highest BCUT2D eigenvalue weighted by Gasteiger charge is 2.06. The molecule has 1 atom stereocenters. The molecule has 1 rings (SSSR count). The molecule has 0 fully saturated rings. The van der Waals surface area contributed by atoms with Gasteiger partial charge >= 0.3 is 0 Å². The van der Waals surface area contributed by atoms with E-state index in [4.69, 9.17) is 4.74 Å². The Labute approximate surface area is 151 Å². The summed E-state index contributed by atoms with van der Waals surface area (Å²) in [6.07, 6.45) is 2.07. The van der Waals surface area contributed by atoms with Gasteiger partial charge in [-0.1, -0.05) is 19.1 Å². The van der Waals surface area contributed by atoms with Gasteiger partial charge in [0, 0.05) is 26.2 Å². The topological polar surface area (TPSA) is 91.8 Å². The van der Waals surface area contributed by atoms with Crippen LogP contribution in [0.2, 0.25) is 0 Å². The lowest BCUT2D eigenvalue weighted by atomic mass is 9.98. The molecule has 0 aliphatic rings. The van der Waals surface area contributed by atoms with Crippen molar-refractivity contribution in [3.05, 3.63) is 29.8 Å². The predicted octanol–water partition coefficient (Wildman–Crippen LogP) is 1.29. The Bertz CT molecular complexity index is 630. The fourth-order valence-corrected chi connectivity index (χ4v) is 2.70. The average Bonchev–Trinajstić information content (AvgIpc) is 2.57. The number of hydrogen-bond acceptors (Lipinski definition) is 4. The Morgan fingerprint density at radius 1 is 1.20 bits per heavy atom. The van der Waals surface area contributed by atoms with Crippen molar-refractivity contribution in [1.29, 1.82) is 0 Å². The maximum absolute atomic E-state index is 11.0. The highest BCUT2D eigenvalue weighted by atomic mass is 32.2. The van der Waals surface area contributed by atoms with Crippen LogP contribution in [-0.2, 0) is 10.0 Å². The standard InChI is InChI=1S/C17H30N4O3S/c1-5-18-17(20-12-13-21-25(4,22)23)19-11-10-14(2)15-6-8-16(24-3)9-7-15/h6-9,14,21H,5,10-13H2,1-4H3,(H2,18,19,20). The zero-order valence-electron chi connectivity index (χ0n) is 15.5. The Morgan fingerprint density at radius 2 is 1.88 bits per heavy atom. The minimum atomic E-state index is -3.16. The SMILES string of the molecule is CCNC(=NCCC(C)c1ccc(OC)cc1)NCCNS(C)(=O)=O. The molecule has 0 bridgehead atoms. The van der Waals surface area contributed by atoms with E-state index in [0.29, 0.717) is 31.5 Å². The fourth-order valence-electron chi connectivity index (χ4n) is 2.23. The molecule has 25 heavy (non-hydrogen) atoms. The highest BCUT2D eigenvalue weighted by Crippen LogP contribution is 2.21. The smallest absolute Gasteiger partial charge is 0.208 e. The first kappa shape index (κ1) is 21.2. The molecule has 3 N–H and O–H groups in total. The van der Waals surface area contributed by atoms with Gasteiger partial charge in [-0.05, 0) is 37.0 Å². The first-order chi connectivity index (χ1) is 11.9. The highest BCUT2D eigenvalue weighted by molar-refractivity contribution is 7.88. The van der Waals surface area contributed by atoms with Crippen LogP contribution in [0.4, 0.5) is 0 Å². The van der Waals surface area contributed by atoms with Gasteiger partial charge in [0.1, 0.15) is 5.75 Å². The van der Waals surface area contributed by atoms with Crippen LogP contribution < -0.4 is 20.1 Å². The lowest BCUT2D eigenvalue weighted by Crippen LogP contribution is -2.41. The zero-order valence-corrected chi connectivity index (χ0v) is 16.3. The third-order valence-electron chi connectivity index (χ3n) is 3.64. The van der Waals surface area contributed by atoms with Crippen LogP contribution in [0.5, 0.6) is 5.75 Å². The van der Waals surface area contributed by atoms with Gasteiger partial charge in [-0.15, -0.1) is 0 Å². The summed E-state index contributed by atoms with van der Waals surface area (Å²) in [5.74, 6) is 1.94. The van der Waals surface area contributed by atoms with E-state index in [9.17, 15) is 8.42 Å². The monoisotopic (exact) mass is 370 g/mol. The number of nitrogens with one attached hydrogen (secondary N) is 3. The lowest BCUT2D eigenvalue weighted by Gasteiger charge is -2.13. The maximum atomic E-state index is 11.0. The molecule has 0 aliphatic carbocycles. The molecule has 1 aromatic rings. The molecular weight excluding hydrogens is 340 g/mol. The molecule has 1 aromatic carbocycles. The first-order valence-electron chi connectivity index (χ1n) is 8.46. The number of rotatable bonds is 10. The van der Waals surface area contributed by atoms with E-state index in [-0.39, 0.29) is 0 Å². The van der Waals surface area contributed by atoms with E-state index in [0.717, 1.165) is 25.0 Å². The number of methoxy groups -OCH3 is 1. The molecule has 142 valence electrons. The van der Waals surface area contributed by atoms with Crippen molar-refractivity contribution in [2.45, 2.75) is 26.2 Å². The number of guanidine groups is 1. The normalized spacial score (nSPS) is 13.4. The summed E-state index contributed by atoms with van der Waals surface area (Å²) in [7, 11) is -1.50. The molecule has 0 aliphatic heterocycles. The van der Waals surface area contributed by atoms with E-state index >= 15 is 0 Å². The van der Waals surface area contributed by atoms with Gasteiger partial charge in [-0.25, -0.2) is 13.1 Å². The quantitative estimate of drug-likeness (QED) is 0.328. The van der Waals surface area contributed by atoms with Crippen LogP contribution in [0.3, 0.4) is 0 Å². The number of nitrogens with zero attached hydrogens (tertiary/aromatic N) is 1. The van der Waals surface area contributed by atoms with Crippen molar-refractivity contribution in [2.24, 2.45) is 4.99 Å². The molecule has 0 saturated heterocycles. The number of sulfonamides is 1. The van der Waals surface area contributed by atoms with Gasteiger partial charge in [-0.3, -0.25) is 4.99 Å². The summed E-state index contributed by atoms with van der Waals surface area (Å²) in [5, 5.41) is 6.27. The molecule has 0 radical (unpaired) electrons. The predicted molar refractivity (Wildman–Crippen MR) is 103 cm³/mol. The lowest BCUT2D eigenvalue weighted by molar-refractivity contribution is 0.414. The summed E-state index contributed by atoms with van der Waals surface area (Å²) < 4.78 is 29.7. The van der Waals surface area contributed by atoms with Gasteiger partial charge in [0.2, 0.25) is 10.0 Å². The molecule has 1 unspecified atom stereocenters. The summed E-state index contributed by atoms with van der Waals surface area (Å²) in [4.78, 5) is 4.54. The van der Waals surface area contributed by atoms with E-state index < -0.39 is 10.0 Å². The molecule has 0 saturated carbocycles. The number of hydrogen-bond donors (Lipinski definition) is 3. The van der Waals surface area contributed by atoms with E-state index in [2.05, 4.69) is 39.4 Å². The van der Waals surface area contributed by atoms with Gasteiger partial charge in [0.05, 0.1) is 13.4 Å². The van der Waals surface area contributed by atoms with E-state index in [1.807, 2.05) is 19.1 Å². The van der Waals surface area contributed by atoms with Gasteiger partial charge in [-0.2, -0.15) is 0 Å². The molecule has 7 nitrogen and oxygen atoms in total. The molecule has 0 amide bonds. The summed E-state index contributed by atoms with van der Waals surface area (Å²) in [5.41, 5.74) is 1.26. The Kier molecular flexibility index (Phi) is 9.30. The summed E-state index contributed by atoms with van der Waals surface area (Å²) >= 11 is 0. The molecule has 8 heteroatoms. The van der Waals surface area contributed by atoms with Gasteiger partial charge < -0.3 is 15.4 Å². The number of aliphatic imine (C=N–C) groups is 1. The van der Waals surface area contributed by atoms with Crippen molar-refractivity contribution in [1.82, 2.24) is 15.4 Å². The summed E-state index contributed by atoms with van der Waals surface area (Å²) in [6.45, 7) is 6.40. The second kappa shape index (κ2) is 10.9. The minimum absolute atomic E-state index is 0.325. The number of ether oxygens (including phenoxy) is 1. The third-order valence-corrected chi connectivity index (χ3v) is 4.37. The van der Waals surface area contributed by atoms with Crippen LogP contribution in [0.25, 0.3) is 0 Å². The van der Waals surface area contributed by atoms with Crippen molar-refractivity contribution >= 4 is 16.0 Å². The average molecular weight is 371 g/mol. The third kappa shape index (κ3) is 9.31. The van der Waals surface area contributed by atoms with E-state index in [1.165, 1.54) is 5.56 Å². The second-order valence-corrected chi connectivity index (χ2v) is 7.65. The number of benzene rings is 1. The van der Waals surface area contributed by atoms with Crippen LogP contribution in [0.15, 0.2) is 29.3 Å². The van der Waals surface area contributed by atoms with E-state index in [1.54, 1.807) is 7.11 Å². The maximum Gasteiger partial charge on any atom is 0.208 e. The fraction of sp³-hybridized carbons (Fsp3) is 0.588. The van der Waals surface area contributed by atoms with Crippen molar-refractivity contribution in [3.63, 3.8) is 0 Å². The molecule has 0 heterocycles. The van der Waals surface area contributed by atoms with Crippen LogP contribution in [0.1, 0.15) is 31.7 Å². The molecular formula is C17H30N4O3S. The zero-order chi connectivity index (χ0) is 18.7. The molecule has 0 spiro atoms. The Balaban J connectivity index is 2.44. The first-order valence-corrected chi connectivity index (χ1v) is 10.4. The van der Waals surface area contributed by atoms with Crippen molar-refractivity contribution in [3.8, 4) is 5.75 Å². The Hall–Kier alpha value is -1.80. The van der Waals surface area contributed by atoms with Crippen LogP contribution in [0, 0.1) is 0 Å². The second-order valence-electron chi connectivity index (χ2n) is 5.82. The van der Waals surface area contributed by atoms with Gasteiger partial charge in [0.15, 0.2) is 5.96 Å². The van der Waals surface area contributed by atoms with Crippen molar-refractivity contribution < 1.29 is 13.2 Å². The van der Waals surface area contributed by atoms with Crippen molar-refractivity contribution in [2.75, 3.05) is 39.5 Å². The Morgan fingerprint density at radius 3 is 2.44 bits per heavy atom. The van der Waals surface area contributed by atoms with Crippen LogP contribution in [-0.4, -0.2) is 53.9 Å². The minimum Gasteiger partial charge on any atom is -0.497 e. The van der Waals surface area contributed by atoms with Gasteiger partial charge in [0.25, 0.3) is 0 Å². The molecule has 0 aromatic heterocycles.